The van der Waals surface area contributed by atoms with E-state index in [0.717, 1.165) is 32.1 Å². The van der Waals surface area contributed by atoms with Crippen molar-refractivity contribution in [2.24, 2.45) is 23.0 Å². The van der Waals surface area contributed by atoms with Crippen molar-refractivity contribution >= 4 is 5.91 Å². The molecule has 0 fully saturated rings. The molecule has 2 nitrogen and oxygen atoms in total. The molecule has 0 heterocycles. The van der Waals surface area contributed by atoms with Crippen molar-refractivity contribution in [1.29, 1.82) is 0 Å². The average Bonchev–Trinajstić information content (AvgIpc) is 2.56. The van der Waals surface area contributed by atoms with E-state index in [1.807, 2.05) is 0 Å². The van der Waals surface area contributed by atoms with Crippen LogP contribution in [-0.4, -0.2) is 5.91 Å². The van der Waals surface area contributed by atoms with Crippen molar-refractivity contribution in [3.63, 3.8) is 0 Å². The molecule has 0 radical (unpaired) electrons. The van der Waals surface area contributed by atoms with Crippen LogP contribution in [0.25, 0.3) is 0 Å². The molecule has 2 heteroatoms. The lowest BCUT2D eigenvalue weighted by Gasteiger charge is -2.42. The molecule has 24 heavy (non-hydrogen) atoms. The van der Waals surface area contributed by atoms with E-state index in [4.69, 9.17) is 5.73 Å². The summed E-state index contributed by atoms with van der Waals surface area (Å²) in [6.07, 6.45) is 15.7. The Morgan fingerprint density at radius 3 is 1.50 bits per heavy atom. The Labute approximate surface area is 152 Å². The van der Waals surface area contributed by atoms with E-state index in [1.165, 1.54) is 51.4 Å². The lowest BCUT2D eigenvalue weighted by atomic mass is 9.61. The van der Waals surface area contributed by atoms with Gasteiger partial charge in [0.1, 0.15) is 0 Å². The standard InChI is InChI=1S/C22H45NO/c1-6-9-12-14-16-19(4)22(21(23)24,18-11-8-3)20(5)17-15-13-10-7-2/h19-20H,6-18H2,1-5H3,(H2,23,24). The van der Waals surface area contributed by atoms with Crippen molar-refractivity contribution in [2.75, 3.05) is 0 Å². The number of carbonyl (C=O) groups is 1. The van der Waals surface area contributed by atoms with Gasteiger partial charge in [0.25, 0.3) is 0 Å². The SMILES string of the molecule is CCCCCCC(C)C(CCCC)(C(N)=O)C(C)CCCCCC. The highest BCUT2D eigenvalue weighted by molar-refractivity contribution is 5.81. The fourth-order valence-corrected chi connectivity index (χ4v) is 4.33. The summed E-state index contributed by atoms with van der Waals surface area (Å²) in [7, 11) is 0. The minimum absolute atomic E-state index is 0.0399. The third-order valence-corrected chi connectivity index (χ3v) is 6.14. The quantitative estimate of drug-likeness (QED) is 0.307. The zero-order valence-corrected chi connectivity index (χ0v) is 17.3. The molecule has 2 N–H and O–H groups in total. The van der Waals surface area contributed by atoms with E-state index in [0.29, 0.717) is 11.8 Å². The first-order valence-electron chi connectivity index (χ1n) is 10.8. The van der Waals surface area contributed by atoms with Crippen LogP contribution in [0, 0.1) is 17.3 Å². The van der Waals surface area contributed by atoms with Crippen molar-refractivity contribution < 1.29 is 4.79 Å². The third-order valence-electron chi connectivity index (χ3n) is 6.14. The van der Waals surface area contributed by atoms with Crippen molar-refractivity contribution in [2.45, 2.75) is 118 Å². The molecule has 0 aromatic rings. The molecular formula is C22H45NO. The van der Waals surface area contributed by atoms with Crippen molar-refractivity contribution in [3.8, 4) is 0 Å². The molecule has 0 aromatic carbocycles. The fraction of sp³-hybridized carbons (Fsp3) is 0.955. The molecule has 144 valence electrons. The van der Waals surface area contributed by atoms with Gasteiger partial charge in [-0.15, -0.1) is 0 Å². The van der Waals surface area contributed by atoms with Gasteiger partial charge in [0.15, 0.2) is 0 Å². The van der Waals surface area contributed by atoms with Crippen molar-refractivity contribution in [1.82, 2.24) is 0 Å². The van der Waals surface area contributed by atoms with E-state index < -0.39 is 0 Å². The van der Waals surface area contributed by atoms with Crippen LogP contribution in [0.1, 0.15) is 118 Å². The van der Waals surface area contributed by atoms with Crippen LogP contribution < -0.4 is 5.73 Å². The molecule has 0 aliphatic carbocycles. The Balaban J connectivity index is 4.97. The number of unbranched alkanes of at least 4 members (excludes halogenated alkanes) is 7. The van der Waals surface area contributed by atoms with Gasteiger partial charge in [-0.2, -0.15) is 0 Å². The van der Waals surface area contributed by atoms with E-state index in [9.17, 15) is 4.79 Å². The summed E-state index contributed by atoms with van der Waals surface area (Å²) in [6.45, 7) is 11.3. The molecule has 1 amide bonds. The highest BCUT2D eigenvalue weighted by Crippen LogP contribution is 2.45. The molecule has 0 rings (SSSR count). The van der Waals surface area contributed by atoms with E-state index in [2.05, 4.69) is 34.6 Å². The van der Waals surface area contributed by atoms with Gasteiger partial charge in [-0.3, -0.25) is 4.79 Å². The minimum atomic E-state index is -0.297. The van der Waals surface area contributed by atoms with Gasteiger partial charge in [-0.05, 0) is 31.1 Å². The molecule has 0 saturated carbocycles. The monoisotopic (exact) mass is 339 g/mol. The second-order valence-corrected chi connectivity index (χ2v) is 8.01. The lowest BCUT2D eigenvalue weighted by Crippen LogP contribution is -2.47. The molecule has 0 aliphatic rings. The summed E-state index contributed by atoms with van der Waals surface area (Å²) in [5.74, 6) is 0.765. The summed E-state index contributed by atoms with van der Waals surface area (Å²) in [5.41, 5.74) is 5.74. The highest BCUT2D eigenvalue weighted by Gasteiger charge is 2.45. The second-order valence-electron chi connectivity index (χ2n) is 8.01. The molecule has 2 atom stereocenters. The first kappa shape index (κ1) is 23.5. The molecule has 0 aromatic heterocycles. The zero-order chi connectivity index (χ0) is 18.4. The topological polar surface area (TPSA) is 43.1 Å². The Kier molecular flexibility index (Phi) is 13.4. The zero-order valence-electron chi connectivity index (χ0n) is 17.3. The van der Waals surface area contributed by atoms with Crippen LogP contribution in [-0.2, 0) is 4.79 Å². The van der Waals surface area contributed by atoms with Crippen LogP contribution in [0.5, 0.6) is 0 Å². The van der Waals surface area contributed by atoms with Crippen LogP contribution in [0.3, 0.4) is 0 Å². The Morgan fingerprint density at radius 2 is 1.17 bits per heavy atom. The molecular weight excluding hydrogens is 294 g/mol. The largest absolute Gasteiger partial charge is 0.369 e. The first-order chi connectivity index (χ1) is 11.5. The lowest BCUT2D eigenvalue weighted by molar-refractivity contribution is -0.135. The van der Waals surface area contributed by atoms with Crippen LogP contribution in [0.4, 0.5) is 0 Å². The van der Waals surface area contributed by atoms with E-state index >= 15 is 0 Å². The third kappa shape index (κ3) is 7.57. The second kappa shape index (κ2) is 13.7. The number of hydrogen-bond donors (Lipinski definition) is 1. The smallest absolute Gasteiger partial charge is 0.224 e. The van der Waals surface area contributed by atoms with Gasteiger partial charge in [0.2, 0.25) is 5.91 Å². The first-order valence-corrected chi connectivity index (χ1v) is 10.8. The Hall–Kier alpha value is -0.530. The van der Waals surface area contributed by atoms with E-state index in [-0.39, 0.29) is 11.3 Å². The summed E-state index contributed by atoms with van der Waals surface area (Å²) >= 11 is 0. The molecule has 0 spiro atoms. The number of amides is 1. The predicted molar refractivity (Wildman–Crippen MR) is 107 cm³/mol. The summed E-state index contributed by atoms with van der Waals surface area (Å²) < 4.78 is 0. The summed E-state index contributed by atoms with van der Waals surface area (Å²) in [5, 5.41) is 0. The number of rotatable bonds is 16. The van der Waals surface area contributed by atoms with Crippen LogP contribution in [0.15, 0.2) is 0 Å². The van der Waals surface area contributed by atoms with Gasteiger partial charge in [-0.1, -0.05) is 98.8 Å². The molecule has 2 unspecified atom stereocenters. The maximum absolute atomic E-state index is 12.6. The fourth-order valence-electron chi connectivity index (χ4n) is 4.33. The van der Waals surface area contributed by atoms with Gasteiger partial charge < -0.3 is 5.73 Å². The normalized spacial score (nSPS) is 16.5. The number of primary amides is 1. The number of nitrogens with two attached hydrogens (primary N) is 1. The predicted octanol–water partition coefficient (Wildman–Crippen LogP) is 6.86. The maximum Gasteiger partial charge on any atom is 0.224 e. The minimum Gasteiger partial charge on any atom is -0.369 e. The van der Waals surface area contributed by atoms with Crippen LogP contribution >= 0.6 is 0 Å². The molecule has 0 bridgehead atoms. The van der Waals surface area contributed by atoms with Gasteiger partial charge in [0.05, 0.1) is 5.41 Å². The van der Waals surface area contributed by atoms with Crippen molar-refractivity contribution in [3.05, 3.63) is 0 Å². The van der Waals surface area contributed by atoms with Gasteiger partial charge in [0, 0.05) is 0 Å². The maximum atomic E-state index is 12.6. The van der Waals surface area contributed by atoms with Crippen LogP contribution in [0.2, 0.25) is 0 Å². The molecule has 0 aliphatic heterocycles. The Morgan fingerprint density at radius 1 is 0.750 bits per heavy atom. The average molecular weight is 340 g/mol. The number of hydrogen-bond acceptors (Lipinski definition) is 1. The number of carbonyl (C=O) groups excluding carboxylic acids is 1. The Bertz CT molecular complexity index is 295. The highest BCUT2D eigenvalue weighted by atomic mass is 16.1. The summed E-state index contributed by atoms with van der Waals surface area (Å²) in [6, 6.07) is 0. The molecule has 0 saturated heterocycles. The van der Waals surface area contributed by atoms with Gasteiger partial charge in [-0.25, -0.2) is 0 Å². The summed E-state index contributed by atoms with van der Waals surface area (Å²) in [4.78, 5) is 12.6. The van der Waals surface area contributed by atoms with Gasteiger partial charge >= 0.3 is 0 Å². The van der Waals surface area contributed by atoms with E-state index in [1.54, 1.807) is 0 Å².